The number of benzene rings is 2. The molecule has 12 heteroatoms. The molecular weight excluding hydrogens is 492 g/mol. The summed E-state index contributed by atoms with van der Waals surface area (Å²) >= 11 is 7.33. The van der Waals surface area contributed by atoms with Crippen LogP contribution in [0.3, 0.4) is 0 Å². The average Bonchev–Trinajstić information content (AvgIpc) is 3.19. The minimum absolute atomic E-state index is 0.0756. The molecule has 170 valence electrons. The first-order chi connectivity index (χ1) is 15.7. The van der Waals surface area contributed by atoms with Gasteiger partial charge < -0.3 is 4.90 Å². The van der Waals surface area contributed by atoms with Crippen molar-refractivity contribution in [2.45, 2.75) is 4.90 Å². The summed E-state index contributed by atoms with van der Waals surface area (Å²) in [6.45, 7) is 0. The molecule has 4 rings (SSSR count). The van der Waals surface area contributed by atoms with Gasteiger partial charge in [0.25, 0.3) is 10.0 Å². The first kappa shape index (κ1) is 23.0. The van der Waals surface area contributed by atoms with Crippen LogP contribution in [0, 0.1) is 11.6 Å². The minimum Gasteiger partial charge on any atom is -0.354 e. The number of nitrogens with zero attached hydrogens (tertiary/aromatic N) is 4. The molecule has 0 saturated heterocycles. The first-order valence-electron chi connectivity index (χ1n) is 9.40. The van der Waals surface area contributed by atoms with E-state index in [4.69, 9.17) is 11.6 Å². The van der Waals surface area contributed by atoms with E-state index in [2.05, 4.69) is 19.7 Å². The van der Waals surface area contributed by atoms with E-state index >= 15 is 0 Å². The van der Waals surface area contributed by atoms with Crippen LogP contribution in [0.2, 0.25) is 5.28 Å². The summed E-state index contributed by atoms with van der Waals surface area (Å²) in [4.78, 5) is 14.3. The van der Waals surface area contributed by atoms with Gasteiger partial charge in [0.2, 0.25) is 5.28 Å². The summed E-state index contributed by atoms with van der Waals surface area (Å²) in [5, 5.41) is 0.765. The molecule has 4 aromatic rings. The zero-order chi connectivity index (χ0) is 23.8. The third-order valence-electron chi connectivity index (χ3n) is 4.43. The fourth-order valence-electron chi connectivity index (χ4n) is 3.01. The lowest BCUT2D eigenvalue weighted by Crippen LogP contribution is -2.16. The third-order valence-corrected chi connectivity index (χ3v) is 7.29. The Hall–Kier alpha value is -3.15. The second-order valence-corrected chi connectivity index (χ2v) is 9.95. The number of aromatic nitrogens is 3. The van der Waals surface area contributed by atoms with Gasteiger partial charge in [0, 0.05) is 31.5 Å². The molecule has 33 heavy (non-hydrogen) atoms. The van der Waals surface area contributed by atoms with E-state index in [-0.39, 0.29) is 11.0 Å². The van der Waals surface area contributed by atoms with Crippen molar-refractivity contribution in [3.63, 3.8) is 0 Å². The predicted octanol–water partition coefficient (Wildman–Crippen LogP) is 5.07. The van der Waals surface area contributed by atoms with Crippen LogP contribution in [0.1, 0.15) is 0 Å². The molecule has 0 radical (unpaired) electrons. The van der Waals surface area contributed by atoms with Crippen LogP contribution in [0.4, 0.5) is 19.6 Å². The number of hydrogen-bond acceptors (Lipinski definition) is 7. The smallest absolute Gasteiger partial charge is 0.267 e. The van der Waals surface area contributed by atoms with Crippen LogP contribution < -0.4 is 9.62 Å². The number of halogens is 3. The van der Waals surface area contributed by atoms with Gasteiger partial charge in [-0.2, -0.15) is 0 Å². The molecule has 0 aliphatic rings. The molecule has 0 fully saturated rings. The van der Waals surface area contributed by atoms with Crippen molar-refractivity contribution in [3.05, 3.63) is 71.6 Å². The van der Waals surface area contributed by atoms with Gasteiger partial charge in [-0.25, -0.2) is 32.2 Å². The van der Waals surface area contributed by atoms with Crippen molar-refractivity contribution in [1.82, 2.24) is 15.0 Å². The molecule has 0 atom stereocenters. The summed E-state index contributed by atoms with van der Waals surface area (Å²) < 4.78 is 55.7. The number of nitrogens with one attached hydrogen (secondary N) is 1. The molecule has 2 aromatic heterocycles. The molecule has 2 aromatic carbocycles. The topological polar surface area (TPSA) is 88.1 Å². The molecule has 7 nitrogen and oxygen atoms in total. The second kappa shape index (κ2) is 9.00. The van der Waals surface area contributed by atoms with Gasteiger partial charge in [-0.1, -0.05) is 29.5 Å². The molecular formula is C21H16ClF2N5O2S2. The Labute approximate surface area is 197 Å². The maximum Gasteiger partial charge on any atom is 0.267 e. The number of sulfonamides is 1. The maximum atomic E-state index is 14.0. The Bertz CT molecular complexity index is 1420. The molecule has 0 aliphatic heterocycles. The lowest BCUT2D eigenvalue weighted by molar-refractivity contribution is 0.521. The van der Waals surface area contributed by atoms with Crippen LogP contribution in [-0.2, 0) is 10.0 Å². The van der Waals surface area contributed by atoms with Crippen molar-refractivity contribution in [2.24, 2.45) is 0 Å². The Morgan fingerprint density at radius 3 is 2.39 bits per heavy atom. The third kappa shape index (κ3) is 4.80. The van der Waals surface area contributed by atoms with Crippen LogP contribution >= 0.6 is 22.9 Å². The van der Waals surface area contributed by atoms with E-state index < -0.39 is 26.6 Å². The zero-order valence-corrected chi connectivity index (χ0v) is 19.6. The van der Waals surface area contributed by atoms with Crippen molar-refractivity contribution in [3.8, 4) is 21.8 Å². The van der Waals surface area contributed by atoms with Crippen molar-refractivity contribution >= 4 is 43.8 Å². The summed E-state index contributed by atoms with van der Waals surface area (Å²) in [6, 6.07) is 10.9. The van der Waals surface area contributed by atoms with Gasteiger partial charge in [0.05, 0.1) is 16.3 Å². The Morgan fingerprint density at radius 2 is 1.73 bits per heavy atom. The lowest BCUT2D eigenvalue weighted by atomic mass is 10.1. The fourth-order valence-corrected chi connectivity index (χ4v) is 5.32. The lowest BCUT2D eigenvalue weighted by Gasteiger charge is -2.11. The highest BCUT2D eigenvalue weighted by atomic mass is 35.5. The van der Waals surface area contributed by atoms with E-state index in [1.165, 1.54) is 29.7 Å². The molecule has 0 bridgehead atoms. The fraction of sp³-hybridized carbons (Fsp3) is 0.0952. The monoisotopic (exact) mass is 507 g/mol. The van der Waals surface area contributed by atoms with Crippen molar-refractivity contribution < 1.29 is 17.2 Å². The normalized spacial score (nSPS) is 11.4. The van der Waals surface area contributed by atoms with Gasteiger partial charge >= 0.3 is 0 Å². The van der Waals surface area contributed by atoms with Crippen LogP contribution in [0.15, 0.2) is 59.6 Å². The summed E-state index contributed by atoms with van der Waals surface area (Å²) in [6.07, 6.45) is 1.52. The molecule has 1 N–H and O–H groups in total. The average molecular weight is 508 g/mol. The largest absolute Gasteiger partial charge is 0.354 e. The standard InChI is InChI=1S/C21H16ClF2N5O2S2/c1-29(2)21-27-17(18(32-21)16-9-10-25-20(22)26-16)12-5-3-6-13(11-12)28-33(30,31)19-14(23)7-4-8-15(19)24/h3-11,28H,1-2H3. The Balaban J connectivity index is 1.77. The van der Waals surface area contributed by atoms with E-state index in [1.54, 1.807) is 18.2 Å². The molecule has 0 unspecified atom stereocenters. The van der Waals surface area contributed by atoms with Gasteiger partial charge in [0.15, 0.2) is 10.0 Å². The zero-order valence-electron chi connectivity index (χ0n) is 17.3. The predicted molar refractivity (Wildman–Crippen MR) is 125 cm³/mol. The molecule has 2 heterocycles. The van der Waals surface area contributed by atoms with Crippen LogP contribution in [-0.4, -0.2) is 37.5 Å². The SMILES string of the molecule is CN(C)c1nc(-c2cccc(NS(=O)(=O)c3c(F)cccc3F)c2)c(-c2ccnc(Cl)n2)s1. The van der Waals surface area contributed by atoms with E-state index in [0.717, 1.165) is 18.2 Å². The number of hydrogen-bond donors (Lipinski definition) is 1. The van der Waals surface area contributed by atoms with Crippen molar-refractivity contribution in [2.75, 3.05) is 23.7 Å². The van der Waals surface area contributed by atoms with Crippen molar-refractivity contribution in [1.29, 1.82) is 0 Å². The van der Waals surface area contributed by atoms with E-state index in [9.17, 15) is 17.2 Å². The van der Waals surface area contributed by atoms with E-state index in [0.29, 0.717) is 27.0 Å². The summed E-state index contributed by atoms with van der Waals surface area (Å²) in [5.74, 6) is -2.37. The van der Waals surface area contributed by atoms with Gasteiger partial charge in [-0.3, -0.25) is 4.72 Å². The molecule has 0 amide bonds. The van der Waals surface area contributed by atoms with Gasteiger partial charge in [0.1, 0.15) is 11.6 Å². The van der Waals surface area contributed by atoms with E-state index in [1.807, 2.05) is 19.0 Å². The van der Waals surface area contributed by atoms with Gasteiger partial charge in [-0.15, -0.1) is 0 Å². The molecule has 0 spiro atoms. The Morgan fingerprint density at radius 1 is 1.03 bits per heavy atom. The molecule has 0 saturated carbocycles. The van der Waals surface area contributed by atoms with Crippen LogP contribution in [0.5, 0.6) is 0 Å². The highest BCUT2D eigenvalue weighted by Gasteiger charge is 2.24. The van der Waals surface area contributed by atoms with Crippen LogP contribution in [0.25, 0.3) is 21.8 Å². The highest BCUT2D eigenvalue weighted by molar-refractivity contribution is 7.92. The summed E-state index contributed by atoms with van der Waals surface area (Å²) in [7, 11) is -0.834. The second-order valence-electron chi connectivity index (χ2n) is 7.02. The number of rotatable bonds is 6. The van der Waals surface area contributed by atoms with Gasteiger partial charge in [-0.05, 0) is 41.9 Å². The maximum absolute atomic E-state index is 14.0. The first-order valence-corrected chi connectivity index (χ1v) is 12.1. The summed E-state index contributed by atoms with van der Waals surface area (Å²) in [5.41, 5.74) is 1.77. The highest BCUT2D eigenvalue weighted by Crippen LogP contribution is 2.40. The molecule has 0 aliphatic carbocycles. The Kier molecular flexibility index (Phi) is 6.28. The quantitative estimate of drug-likeness (QED) is 0.367. The minimum atomic E-state index is -4.51. The number of thiazole rings is 1. The number of anilines is 2.